The molecule has 0 amide bonds. The van der Waals surface area contributed by atoms with E-state index in [0.717, 1.165) is 78.6 Å². The lowest BCUT2D eigenvalue weighted by atomic mass is 9.88. The Hall–Kier alpha value is -3.32. The van der Waals surface area contributed by atoms with E-state index in [1.54, 1.807) is 0 Å². The lowest BCUT2D eigenvalue weighted by Gasteiger charge is -2.37. The van der Waals surface area contributed by atoms with Crippen LogP contribution in [-0.2, 0) is 6.42 Å². The molecule has 1 saturated heterocycles. The molecular weight excluding hydrogens is 472 g/mol. The standard InChI is InChI=1S/C31H38N6O/c1-21-13-14-22(2)28-26(21)20-27(31(38)32-28)29(30-33-34-35-37(30)25-11-7-4-8-12-25)36-17-15-24(16-18-36)19-23-9-5-3-6-10-23/h3,5-6,9-10,13-14,20,24-25,29H,4,7-8,11-12,15-19H2,1-2H3,(H,32,38)/t29-/m1/s1. The minimum absolute atomic E-state index is 0.0409. The summed E-state index contributed by atoms with van der Waals surface area (Å²) in [4.78, 5) is 19.4. The van der Waals surface area contributed by atoms with Crippen LogP contribution in [0, 0.1) is 19.8 Å². The lowest BCUT2D eigenvalue weighted by molar-refractivity contribution is 0.140. The van der Waals surface area contributed by atoms with Gasteiger partial charge in [0.2, 0.25) is 0 Å². The Kier molecular flexibility index (Phi) is 7.11. The molecule has 1 atom stereocenters. The van der Waals surface area contributed by atoms with E-state index in [2.05, 4.69) is 87.8 Å². The maximum atomic E-state index is 13.7. The fourth-order valence-electron chi connectivity index (χ4n) is 6.62. The summed E-state index contributed by atoms with van der Waals surface area (Å²) >= 11 is 0. The van der Waals surface area contributed by atoms with Crippen molar-refractivity contribution >= 4 is 10.9 Å². The predicted octanol–water partition coefficient (Wildman–Crippen LogP) is 5.68. The summed E-state index contributed by atoms with van der Waals surface area (Å²) in [5.74, 6) is 1.46. The van der Waals surface area contributed by atoms with E-state index in [9.17, 15) is 4.79 Å². The maximum Gasteiger partial charge on any atom is 0.253 e. The zero-order valence-electron chi connectivity index (χ0n) is 22.6. The topological polar surface area (TPSA) is 79.7 Å². The van der Waals surface area contributed by atoms with Crippen LogP contribution in [0.15, 0.2) is 53.3 Å². The van der Waals surface area contributed by atoms with Gasteiger partial charge in [-0.2, -0.15) is 0 Å². The molecule has 1 aliphatic carbocycles. The van der Waals surface area contributed by atoms with Crippen LogP contribution in [0.5, 0.6) is 0 Å². The van der Waals surface area contributed by atoms with E-state index < -0.39 is 0 Å². The second kappa shape index (κ2) is 10.8. The number of nitrogens with one attached hydrogen (secondary N) is 1. The number of piperidine rings is 1. The van der Waals surface area contributed by atoms with Gasteiger partial charge in [-0.05, 0) is 98.1 Å². The summed E-state index contributed by atoms with van der Waals surface area (Å²) in [5.41, 5.74) is 5.28. The Balaban J connectivity index is 1.37. The van der Waals surface area contributed by atoms with Crippen molar-refractivity contribution < 1.29 is 0 Å². The number of tetrazole rings is 1. The molecule has 2 aromatic heterocycles. The van der Waals surface area contributed by atoms with Crippen molar-refractivity contribution in [2.75, 3.05) is 13.1 Å². The molecule has 4 aromatic rings. The number of H-pyrrole nitrogens is 1. The molecule has 6 rings (SSSR count). The number of fused-ring (bicyclic) bond motifs is 1. The number of aryl methyl sites for hydroxylation is 2. The van der Waals surface area contributed by atoms with E-state index in [-0.39, 0.29) is 11.6 Å². The zero-order valence-corrected chi connectivity index (χ0v) is 22.6. The molecule has 0 bridgehead atoms. The molecule has 0 radical (unpaired) electrons. The first-order valence-corrected chi connectivity index (χ1v) is 14.3. The highest BCUT2D eigenvalue weighted by atomic mass is 16.1. The van der Waals surface area contributed by atoms with E-state index >= 15 is 0 Å². The molecule has 198 valence electrons. The summed E-state index contributed by atoms with van der Waals surface area (Å²) < 4.78 is 2.05. The molecule has 38 heavy (non-hydrogen) atoms. The van der Waals surface area contributed by atoms with Gasteiger partial charge >= 0.3 is 0 Å². The Morgan fingerprint density at radius 3 is 2.45 bits per heavy atom. The number of benzene rings is 2. The van der Waals surface area contributed by atoms with Gasteiger partial charge in [-0.1, -0.05) is 61.7 Å². The zero-order chi connectivity index (χ0) is 26.1. The van der Waals surface area contributed by atoms with Gasteiger partial charge in [0.1, 0.15) is 6.04 Å². The van der Waals surface area contributed by atoms with Gasteiger partial charge in [0.05, 0.1) is 11.6 Å². The van der Waals surface area contributed by atoms with Crippen LogP contribution >= 0.6 is 0 Å². The van der Waals surface area contributed by atoms with Crippen molar-refractivity contribution in [2.45, 2.75) is 77.3 Å². The molecule has 0 unspecified atom stereocenters. The number of aromatic amines is 1. The molecule has 2 aromatic carbocycles. The predicted molar refractivity (Wildman–Crippen MR) is 150 cm³/mol. The second-order valence-electron chi connectivity index (χ2n) is 11.4. The number of pyridine rings is 1. The van der Waals surface area contributed by atoms with Gasteiger partial charge in [-0.3, -0.25) is 9.69 Å². The fraction of sp³-hybridized carbons (Fsp3) is 0.484. The number of nitrogens with zero attached hydrogens (tertiary/aromatic N) is 5. The molecule has 1 aliphatic heterocycles. The van der Waals surface area contributed by atoms with Gasteiger partial charge in [0.15, 0.2) is 5.82 Å². The van der Waals surface area contributed by atoms with Gasteiger partial charge in [-0.15, -0.1) is 5.10 Å². The SMILES string of the molecule is Cc1ccc(C)c2[nH]c(=O)c([C@H](c3nnnn3C3CCCCC3)N3CCC(Cc4ccccc4)CC3)cc12. The van der Waals surface area contributed by atoms with Gasteiger partial charge in [0.25, 0.3) is 5.56 Å². The average Bonchev–Trinajstić information content (AvgIpc) is 3.43. The van der Waals surface area contributed by atoms with Crippen LogP contribution in [0.1, 0.15) is 85.1 Å². The summed E-state index contributed by atoms with van der Waals surface area (Å²) in [6.45, 7) is 6.00. The van der Waals surface area contributed by atoms with Crippen molar-refractivity contribution in [3.63, 3.8) is 0 Å². The van der Waals surface area contributed by atoms with Crippen LogP contribution < -0.4 is 5.56 Å². The molecule has 1 saturated carbocycles. The third kappa shape index (κ3) is 4.92. The number of hydrogen-bond acceptors (Lipinski definition) is 5. The molecule has 7 nitrogen and oxygen atoms in total. The number of aromatic nitrogens is 5. The Labute approximate surface area is 224 Å². The highest BCUT2D eigenvalue weighted by molar-refractivity contribution is 5.85. The van der Waals surface area contributed by atoms with Crippen molar-refractivity contribution in [1.29, 1.82) is 0 Å². The van der Waals surface area contributed by atoms with Crippen molar-refractivity contribution in [3.05, 3.63) is 87.0 Å². The molecule has 2 aliphatic rings. The van der Waals surface area contributed by atoms with Gasteiger partial charge in [-0.25, -0.2) is 4.68 Å². The molecule has 3 heterocycles. The normalized spacial score (nSPS) is 18.7. The van der Waals surface area contributed by atoms with Crippen molar-refractivity contribution in [1.82, 2.24) is 30.1 Å². The molecule has 0 spiro atoms. The van der Waals surface area contributed by atoms with Crippen molar-refractivity contribution in [2.24, 2.45) is 5.92 Å². The highest BCUT2D eigenvalue weighted by Crippen LogP contribution is 2.35. The first-order chi connectivity index (χ1) is 18.6. The van der Waals surface area contributed by atoms with Gasteiger partial charge < -0.3 is 4.98 Å². The third-order valence-corrected chi connectivity index (χ3v) is 8.83. The minimum Gasteiger partial charge on any atom is -0.321 e. The molecule has 7 heteroatoms. The van der Waals surface area contributed by atoms with Crippen molar-refractivity contribution in [3.8, 4) is 0 Å². The van der Waals surface area contributed by atoms with E-state index in [0.29, 0.717) is 12.0 Å². The first kappa shape index (κ1) is 25.0. The molecular formula is C31H38N6O. The summed E-state index contributed by atoms with van der Waals surface area (Å²) in [6, 6.07) is 17.1. The van der Waals surface area contributed by atoms with Crippen LogP contribution in [0.2, 0.25) is 0 Å². The largest absolute Gasteiger partial charge is 0.321 e. The molecule has 2 fully saturated rings. The van der Waals surface area contributed by atoms with Crippen LogP contribution in [0.25, 0.3) is 10.9 Å². The lowest BCUT2D eigenvalue weighted by Crippen LogP contribution is -2.41. The second-order valence-corrected chi connectivity index (χ2v) is 11.4. The van der Waals surface area contributed by atoms with E-state index in [1.807, 2.05) is 4.68 Å². The first-order valence-electron chi connectivity index (χ1n) is 14.3. The third-order valence-electron chi connectivity index (χ3n) is 8.83. The smallest absolute Gasteiger partial charge is 0.253 e. The van der Waals surface area contributed by atoms with Crippen LogP contribution in [-0.4, -0.2) is 43.2 Å². The number of rotatable bonds is 6. The van der Waals surface area contributed by atoms with Crippen LogP contribution in [0.3, 0.4) is 0 Å². The summed E-state index contributed by atoms with van der Waals surface area (Å²) in [5, 5.41) is 14.3. The Morgan fingerprint density at radius 2 is 1.68 bits per heavy atom. The summed E-state index contributed by atoms with van der Waals surface area (Å²) in [6.07, 6.45) is 9.17. The molecule has 1 N–H and O–H groups in total. The minimum atomic E-state index is -0.266. The fourth-order valence-corrected chi connectivity index (χ4v) is 6.62. The number of hydrogen-bond donors (Lipinski definition) is 1. The number of likely N-dealkylation sites (tertiary alicyclic amines) is 1. The quantitative estimate of drug-likeness (QED) is 0.361. The average molecular weight is 511 g/mol. The van der Waals surface area contributed by atoms with Crippen LogP contribution in [0.4, 0.5) is 0 Å². The Morgan fingerprint density at radius 1 is 0.947 bits per heavy atom. The highest BCUT2D eigenvalue weighted by Gasteiger charge is 2.35. The summed E-state index contributed by atoms with van der Waals surface area (Å²) in [7, 11) is 0. The monoisotopic (exact) mass is 510 g/mol. The van der Waals surface area contributed by atoms with E-state index in [4.69, 9.17) is 0 Å². The van der Waals surface area contributed by atoms with Gasteiger partial charge in [0, 0.05) is 10.9 Å². The van der Waals surface area contributed by atoms with E-state index in [1.165, 1.54) is 24.8 Å². The Bertz CT molecular complexity index is 1440. The maximum absolute atomic E-state index is 13.7.